The van der Waals surface area contributed by atoms with Gasteiger partial charge in [-0.15, -0.1) is 11.3 Å². The molecule has 2 aromatic rings. The molecule has 0 aliphatic heterocycles. The second kappa shape index (κ2) is 4.25. The van der Waals surface area contributed by atoms with Crippen LogP contribution in [0.25, 0.3) is 10.6 Å². The van der Waals surface area contributed by atoms with Gasteiger partial charge >= 0.3 is 0 Å². The molecular weight excluding hydrogens is 262 g/mol. The smallest absolute Gasteiger partial charge is 0.101 e. The average molecular weight is 272 g/mol. The third-order valence-corrected chi connectivity index (χ3v) is 3.61. The van der Waals surface area contributed by atoms with Crippen molar-refractivity contribution < 1.29 is 0 Å². The molecule has 0 aliphatic rings. The summed E-state index contributed by atoms with van der Waals surface area (Å²) >= 11 is 5.11. The van der Waals surface area contributed by atoms with Gasteiger partial charge < -0.3 is 10.7 Å². The lowest BCUT2D eigenvalue weighted by Crippen LogP contribution is -2.03. The van der Waals surface area contributed by atoms with Crippen LogP contribution in [0.5, 0.6) is 0 Å². The molecule has 2 heterocycles. The molecule has 5 heteroatoms. The largest absolute Gasteiger partial charge is 0.348 e. The van der Waals surface area contributed by atoms with Gasteiger partial charge in [0.25, 0.3) is 0 Å². The van der Waals surface area contributed by atoms with Crippen LogP contribution in [0, 0.1) is 0 Å². The fourth-order valence-electron chi connectivity index (χ4n) is 1.31. The van der Waals surface area contributed by atoms with Gasteiger partial charge in [-0.2, -0.15) is 0 Å². The molecule has 0 aliphatic carbocycles. The number of imidazole rings is 1. The van der Waals surface area contributed by atoms with Crippen molar-refractivity contribution in [3.05, 3.63) is 27.9 Å². The second-order valence-electron chi connectivity index (χ2n) is 2.90. The highest BCUT2D eigenvalue weighted by molar-refractivity contribution is 9.10. The van der Waals surface area contributed by atoms with Crippen molar-refractivity contribution in [3.63, 3.8) is 0 Å². The van der Waals surface area contributed by atoms with E-state index in [1.807, 2.05) is 0 Å². The summed E-state index contributed by atoms with van der Waals surface area (Å²) in [5, 5.41) is 2.05. The number of nitrogens with zero attached hydrogens (tertiary/aromatic N) is 1. The summed E-state index contributed by atoms with van der Waals surface area (Å²) in [4.78, 5) is 8.58. The molecule has 0 saturated carbocycles. The molecule has 0 saturated heterocycles. The molecule has 0 fully saturated rings. The van der Waals surface area contributed by atoms with Crippen molar-refractivity contribution in [1.29, 1.82) is 0 Å². The summed E-state index contributed by atoms with van der Waals surface area (Å²) in [5.74, 6) is 0. The highest BCUT2D eigenvalue weighted by Crippen LogP contribution is 2.30. The molecule has 2 aromatic heterocycles. The Kier molecular flexibility index (Phi) is 3.00. The van der Waals surface area contributed by atoms with E-state index in [9.17, 15) is 0 Å². The number of hydrogen-bond donors (Lipinski definition) is 2. The van der Waals surface area contributed by atoms with Gasteiger partial charge in [-0.1, -0.05) is 0 Å². The maximum atomic E-state index is 5.52. The minimum Gasteiger partial charge on any atom is -0.348 e. The van der Waals surface area contributed by atoms with Crippen LogP contribution < -0.4 is 5.73 Å². The topological polar surface area (TPSA) is 54.7 Å². The number of aromatic amines is 1. The Balaban J connectivity index is 2.36. The van der Waals surface area contributed by atoms with Crippen molar-refractivity contribution in [2.24, 2.45) is 5.73 Å². The Morgan fingerprint density at radius 1 is 1.57 bits per heavy atom. The lowest BCUT2D eigenvalue weighted by Gasteiger charge is -1.97. The molecular formula is C9H10BrN3S. The zero-order chi connectivity index (χ0) is 9.97. The van der Waals surface area contributed by atoms with Crippen molar-refractivity contribution in [3.8, 4) is 10.6 Å². The SMILES string of the molecule is NCCc1[nH]cnc1-c1cc(Br)cs1. The van der Waals surface area contributed by atoms with Crippen LogP contribution in [-0.4, -0.2) is 16.5 Å². The normalized spacial score (nSPS) is 10.7. The number of thiophene rings is 1. The van der Waals surface area contributed by atoms with E-state index in [4.69, 9.17) is 5.73 Å². The highest BCUT2D eigenvalue weighted by Gasteiger charge is 2.09. The third-order valence-electron chi connectivity index (χ3n) is 1.91. The van der Waals surface area contributed by atoms with Crippen LogP contribution in [0.3, 0.4) is 0 Å². The van der Waals surface area contributed by atoms with Crippen LogP contribution in [0.2, 0.25) is 0 Å². The molecule has 14 heavy (non-hydrogen) atoms. The molecule has 2 rings (SSSR count). The van der Waals surface area contributed by atoms with Crippen molar-refractivity contribution in [1.82, 2.24) is 9.97 Å². The minimum atomic E-state index is 0.641. The van der Waals surface area contributed by atoms with Crippen molar-refractivity contribution in [2.75, 3.05) is 6.54 Å². The maximum Gasteiger partial charge on any atom is 0.101 e. The van der Waals surface area contributed by atoms with Crippen LogP contribution in [0.1, 0.15) is 5.69 Å². The molecule has 74 valence electrons. The van der Waals surface area contributed by atoms with Gasteiger partial charge in [-0.05, 0) is 28.5 Å². The predicted octanol–water partition coefficient (Wildman–Crippen LogP) is 2.40. The average Bonchev–Trinajstić information content (AvgIpc) is 2.74. The Hall–Kier alpha value is -0.650. The highest BCUT2D eigenvalue weighted by atomic mass is 79.9. The van der Waals surface area contributed by atoms with Gasteiger partial charge in [-0.3, -0.25) is 0 Å². The number of aromatic nitrogens is 2. The molecule has 0 unspecified atom stereocenters. The van der Waals surface area contributed by atoms with Crippen LogP contribution in [0.15, 0.2) is 22.2 Å². The first-order chi connectivity index (χ1) is 6.81. The standard InChI is InChI=1S/C9H10BrN3S/c10-6-3-8(14-4-6)9-7(1-2-11)12-5-13-9/h3-5H,1-2,11H2,(H,12,13). The third kappa shape index (κ3) is 1.89. The number of rotatable bonds is 3. The lowest BCUT2D eigenvalue weighted by molar-refractivity contribution is 0.937. The van der Waals surface area contributed by atoms with Gasteiger partial charge in [0.05, 0.1) is 11.2 Å². The van der Waals surface area contributed by atoms with E-state index >= 15 is 0 Å². The van der Waals surface area contributed by atoms with Gasteiger partial charge in [0.1, 0.15) is 5.69 Å². The first-order valence-electron chi connectivity index (χ1n) is 4.28. The number of nitrogens with one attached hydrogen (secondary N) is 1. The van der Waals surface area contributed by atoms with Crippen molar-refractivity contribution >= 4 is 27.3 Å². The predicted molar refractivity (Wildman–Crippen MR) is 62.4 cm³/mol. The first kappa shape index (κ1) is 9.89. The first-order valence-corrected chi connectivity index (χ1v) is 5.95. The van der Waals surface area contributed by atoms with E-state index in [0.717, 1.165) is 22.3 Å². The Morgan fingerprint density at radius 3 is 3.07 bits per heavy atom. The summed E-state index contributed by atoms with van der Waals surface area (Å²) < 4.78 is 1.10. The van der Waals surface area contributed by atoms with E-state index in [2.05, 4.69) is 37.3 Å². The van der Waals surface area contributed by atoms with Gasteiger partial charge in [0.15, 0.2) is 0 Å². The summed E-state index contributed by atoms with van der Waals surface area (Å²) in [5.41, 5.74) is 7.65. The summed E-state index contributed by atoms with van der Waals surface area (Å²) in [7, 11) is 0. The maximum absolute atomic E-state index is 5.52. The molecule has 0 amide bonds. The summed E-state index contributed by atoms with van der Waals surface area (Å²) in [6.07, 6.45) is 2.55. The van der Waals surface area contributed by atoms with Crippen LogP contribution in [-0.2, 0) is 6.42 Å². The Morgan fingerprint density at radius 2 is 2.43 bits per heavy atom. The van der Waals surface area contributed by atoms with Gasteiger partial charge in [0.2, 0.25) is 0 Å². The zero-order valence-corrected chi connectivity index (χ0v) is 9.86. The monoisotopic (exact) mass is 271 g/mol. The number of nitrogens with two attached hydrogens (primary N) is 1. The zero-order valence-electron chi connectivity index (χ0n) is 7.46. The number of hydrogen-bond acceptors (Lipinski definition) is 3. The molecule has 0 atom stereocenters. The molecule has 0 bridgehead atoms. The van der Waals surface area contributed by atoms with Crippen molar-refractivity contribution in [2.45, 2.75) is 6.42 Å². The molecule has 3 nitrogen and oxygen atoms in total. The van der Waals surface area contributed by atoms with Crippen LogP contribution >= 0.6 is 27.3 Å². The van der Waals surface area contributed by atoms with E-state index in [0.29, 0.717) is 6.54 Å². The molecule has 0 spiro atoms. The van der Waals surface area contributed by atoms with Crippen LogP contribution in [0.4, 0.5) is 0 Å². The second-order valence-corrected chi connectivity index (χ2v) is 4.72. The molecule has 3 N–H and O–H groups in total. The molecule has 0 radical (unpaired) electrons. The van der Waals surface area contributed by atoms with E-state index < -0.39 is 0 Å². The van der Waals surface area contributed by atoms with E-state index in [-0.39, 0.29) is 0 Å². The Labute approximate surface area is 94.5 Å². The van der Waals surface area contributed by atoms with E-state index in [1.165, 1.54) is 4.88 Å². The molecule has 0 aromatic carbocycles. The Bertz CT molecular complexity index is 421. The fraction of sp³-hybridized carbons (Fsp3) is 0.222. The lowest BCUT2D eigenvalue weighted by atomic mass is 10.2. The van der Waals surface area contributed by atoms with Gasteiger partial charge in [-0.25, -0.2) is 4.98 Å². The number of halogens is 1. The number of H-pyrrole nitrogens is 1. The van der Waals surface area contributed by atoms with E-state index in [1.54, 1.807) is 17.7 Å². The summed E-state index contributed by atoms with van der Waals surface area (Å²) in [6, 6.07) is 2.07. The van der Waals surface area contributed by atoms with Gasteiger partial charge in [0, 0.05) is 22.0 Å². The fourth-order valence-corrected chi connectivity index (χ4v) is 2.76. The minimum absolute atomic E-state index is 0.641. The quantitative estimate of drug-likeness (QED) is 0.901. The summed E-state index contributed by atoms with van der Waals surface area (Å²) in [6.45, 7) is 0.641.